The van der Waals surface area contributed by atoms with Crippen molar-refractivity contribution in [3.05, 3.63) is 24.5 Å². The van der Waals surface area contributed by atoms with E-state index < -0.39 is 0 Å². The number of aryl methyl sites for hydroxylation is 1. The minimum Gasteiger partial charge on any atom is -0.338 e. The lowest BCUT2D eigenvalue weighted by Gasteiger charge is -2.33. The van der Waals surface area contributed by atoms with E-state index in [1.807, 2.05) is 13.2 Å². The molecular formula is C16H23N5O2. The zero-order valence-corrected chi connectivity index (χ0v) is 13.4. The van der Waals surface area contributed by atoms with Gasteiger partial charge >= 0.3 is 6.03 Å². The summed E-state index contributed by atoms with van der Waals surface area (Å²) in [6.07, 6.45) is 11.1. The van der Waals surface area contributed by atoms with Gasteiger partial charge in [0.05, 0.1) is 11.9 Å². The van der Waals surface area contributed by atoms with E-state index in [-0.39, 0.29) is 18.5 Å². The number of hydrogen-bond acceptors (Lipinski definition) is 3. The van der Waals surface area contributed by atoms with Gasteiger partial charge in [-0.25, -0.2) is 4.79 Å². The van der Waals surface area contributed by atoms with Crippen LogP contribution in [0.1, 0.15) is 19.3 Å². The standard InChI is InChI=1S/C16H23N5O2/c1-19-11-14(10-18-19)21-8-7-20(12-15(21)22)16(23)17-9-13-5-3-2-4-6-13/h2-3,10-11,13H,4-9,12H2,1H3,(H,17,23)/t13-/m1/s1. The Kier molecular flexibility index (Phi) is 4.64. The second kappa shape index (κ2) is 6.85. The first-order valence-corrected chi connectivity index (χ1v) is 8.10. The molecule has 0 unspecified atom stereocenters. The van der Waals surface area contributed by atoms with Gasteiger partial charge in [-0.3, -0.25) is 9.48 Å². The maximum absolute atomic E-state index is 12.3. The van der Waals surface area contributed by atoms with E-state index in [1.165, 1.54) is 0 Å². The van der Waals surface area contributed by atoms with E-state index in [9.17, 15) is 9.59 Å². The third-order valence-corrected chi connectivity index (χ3v) is 4.43. The van der Waals surface area contributed by atoms with Crippen LogP contribution in [0.25, 0.3) is 0 Å². The second-order valence-corrected chi connectivity index (χ2v) is 6.18. The molecule has 2 aliphatic rings. The van der Waals surface area contributed by atoms with Gasteiger partial charge in [0.2, 0.25) is 5.91 Å². The Morgan fingerprint density at radius 3 is 2.91 bits per heavy atom. The molecule has 1 aromatic rings. The summed E-state index contributed by atoms with van der Waals surface area (Å²) < 4.78 is 1.67. The SMILES string of the molecule is Cn1cc(N2CCN(C(=O)NC[C@@H]3CC=CCC3)CC2=O)cn1. The third-order valence-electron chi connectivity index (χ3n) is 4.43. The number of nitrogens with zero attached hydrogens (tertiary/aromatic N) is 4. The van der Waals surface area contributed by atoms with Crippen LogP contribution in [0.15, 0.2) is 24.5 Å². The molecule has 0 saturated carbocycles. The van der Waals surface area contributed by atoms with Crippen molar-refractivity contribution in [1.82, 2.24) is 20.0 Å². The molecule has 1 aromatic heterocycles. The molecule has 124 valence electrons. The predicted octanol–water partition coefficient (Wildman–Crippen LogP) is 1.13. The average molecular weight is 317 g/mol. The number of allylic oxidation sites excluding steroid dienone is 2. The zero-order chi connectivity index (χ0) is 16.2. The van der Waals surface area contributed by atoms with E-state index in [1.54, 1.807) is 20.7 Å². The normalized spacial score (nSPS) is 21.6. The van der Waals surface area contributed by atoms with Gasteiger partial charge in [0, 0.05) is 32.9 Å². The maximum Gasteiger partial charge on any atom is 0.317 e. The van der Waals surface area contributed by atoms with Gasteiger partial charge in [0.25, 0.3) is 0 Å². The predicted molar refractivity (Wildman–Crippen MR) is 87.0 cm³/mol. The highest BCUT2D eigenvalue weighted by molar-refractivity contribution is 5.97. The minimum atomic E-state index is -0.140. The molecule has 1 fully saturated rings. The monoisotopic (exact) mass is 317 g/mol. The van der Waals surface area contributed by atoms with Crippen LogP contribution < -0.4 is 10.2 Å². The van der Waals surface area contributed by atoms with Crippen LogP contribution in [0.3, 0.4) is 0 Å². The van der Waals surface area contributed by atoms with E-state index in [2.05, 4.69) is 22.6 Å². The van der Waals surface area contributed by atoms with Gasteiger partial charge in [-0.1, -0.05) is 12.2 Å². The summed E-state index contributed by atoms with van der Waals surface area (Å²) in [5.74, 6) is 0.441. The molecule has 0 spiro atoms. The first kappa shape index (κ1) is 15.6. The highest BCUT2D eigenvalue weighted by atomic mass is 16.2. The van der Waals surface area contributed by atoms with E-state index in [0.29, 0.717) is 25.6 Å². The first-order valence-electron chi connectivity index (χ1n) is 8.10. The largest absolute Gasteiger partial charge is 0.338 e. The van der Waals surface area contributed by atoms with Crippen LogP contribution in [0, 0.1) is 5.92 Å². The molecule has 1 aliphatic carbocycles. The summed E-state index contributed by atoms with van der Waals surface area (Å²) in [7, 11) is 1.82. The molecule has 3 rings (SSSR count). The van der Waals surface area contributed by atoms with Crippen LogP contribution in [-0.4, -0.2) is 52.8 Å². The second-order valence-electron chi connectivity index (χ2n) is 6.18. The molecule has 0 bridgehead atoms. The summed E-state index contributed by atoms with van der Waals surface area (Å²) in [5, 5.41) is 7.05. The topological polar surface area (TPSA) is 70.5 Å². The summed E-state index contributed by atoms with van der Waals surface area (Å²) in [5.41, 5.74) is 0.784. The zero-order valence-electron chi connectivity index (χ0n) is 13.4. The summed E-state index contributed by atoms with van der Waals surface area (Å²) in [6, 6.07) is -0.140. The van der Waals surface area contributed by atoms with Gasteiger partial charge in [-0.15, -0.1) is 0 Å². The Morgan fingerprint density at radius 2 is 2.26 bits per heavy atom. The van der Waals surface area contributed by atoms with E-state index in [0.717, 1.165) is 24.9 Å². The van der Waals surface area contributed by atoms with Crippen molar-refractivity contribution >= 4 is 17.6 Å². The Labute approximate surface area is 135 Å². The molecule has 3 amide bonds. The van der Waals surface area contributed by atoms with Crippen LogP contribution in [0.4, 0.5) is 10.5 Å². The maximum atomic E-state index is 12.3. The van der Waals surface area contributed by atoms with Crippen LogP contribution in [0.5, 0.6) is 0 Å². The summed E-state index contributed by atoms with van der Waals surface area (Å²) in [6.45, 7) is 1.84. The lowest BCUT2D eigenvalue weighted by molar-refractivity contribution is -0.120. The molecule has 2 heterocycles. The van der Waals surface area contributed by atoms with E-state index >= 15 is 0 Å². The van der Waals surface area contributed by atoms with E-state index in [4.69, 9.17) is 0 Å². The van der Waals surface area contributed by atoms with Crippen molar-refractivity contribution in [3.8, 4) is 0 Å². The number of amides is 3. The van der Waals surface area contributed by atoms with Gasteiger partial charge in [0.1, 0.15) is 6.54 Å². The van der Waals surface area contributed by atoms with Crippen molar-refractivity contribution in [3.63, 3.8) is 0 Å². The van der Waals surface area contributed by atoms with Crippen molar-refractivity contribution in [2.24, 2.45) is 13.0 Å². The molecule has 1 N–H and O–H groups in total. The number of piperazine rings is 1. The van der Waals surface area contributed by atoms with Crippen molar-refractivity contribution < 1.29 is 9.59 Å². The lowest BCUT2D eigenvalue weighted by Crippen LogP contribution is -2.55. The molecule has 0 aromatic carbocycles. The molecule has 7 nitrogen and oxygen atoms in total. The fraction of sp³-hybridized carbons (Fsp3) is 0.562. The van der Waals surface area contributed by atoms with Crippen molar-refractivity contribution in [1.29, 1.82) is 0 Å². The number of urea groups is 1. The van der Waals surface area contributed by atoms with Crippen molar-refractivity contribution in [2.75, 3.05) is 31.1 Å². The van der Waals surface area contributed by atoms with Gasteiger partial charge in [-0.05, 0) is 25.2 Å². The lowest BCUT2D eigenvalue weighted by atomic mass is 9.94. The van der Waals surface area contributed by atoms with Crippen LogP contribution >= 0.6 is 0 Å². The molecule has 1 aliphatic heterocycles. The Bertz CT molecular complexity index is 609. The smallest absolute Gasteiger partial charge is 0.317 e. The number of nitrogens with one attached hydrogen (secondary N) is 1. The van der Waals surface area contributed by atoms with Gasteiger partial charge in [0.15, 0.2) is 0 Å². The summed E-state index contributed by atoms with van der Waals surface area (Å²) in [4.78, 5) is 27.8. The Balaban J connectivity index is 1.49. The number of carbonyl (C=O) groups is 2. The fourth-order valence-corrected chi connectivity index (χ4v) is 3.05. The molecule has 7 heteroatoms. The average Bonchev–Trinajstić information content (AvgIpc) is 2.99. The highest BCUT2D eigenvalue weighted by Crippen LogP contribution is 2.18. The molecule has 1 atom stereocenters. The quantitative estimate of drug-likeness (QED) is 0.850. The number of anilines is 1. The fourth-order valence-electron chi connectivity index (χ4n) is 3.05. The van der Waals surface area contributed by atoms with Crippen LogP contribution in [0.2, 0.25) is 0 Å². The summed E-state index contributed by atoms with van der Waals surface area (Å²) >= 11 is 0. The molecule has 23 heavy (non-hydrogen) atoms. The highest BCUT2D eigenvalue weighted by Gasteiger charge is 2.28. The number of aromatic nitrogens is 2. The van der Waals surface area contributed by atoms with Crippen molar-refractivity contribution in [2.45, 2.75) is 19.3 Å². The number of carbonyl (C=O) groups excluding carboxylic acids is 2. The first-order chi connectivity index (χ1) is 11.1. The third kappa shape index (κ3) is 3.72. The van der Waals surface area contributed by atoms with Crippen LogP contribution in [-0.2, 0) is 11.8 Å². The van der Waals surface area contributed by atoms with Gasteiger partial charge < -0.3 is 15.1 Å². The molecule has 1 saturated heterocycles. The Morgan fingerprint density at radius 1 is 1.39 bits per heavy atom. The number of hydrogen-bond donors (Lipinski definition) is 1. The number of rotatable bonds is 3. The van der Waals surface area contributed by atoms with Gasteiger partial charge in [-0.2, -0.15) is 5.10 Å². The molecular weight excluding hydrogens is 294 g/mol. The molecule has 0 radical (unpaired) electrons. The Hall–Kier alpha value is -2.31. The minimum absolute atomic E-state index is 0.0694.